The number of likely N-dealkylation sites (tertiary alicyclic amines) is 1. The number of carbonyl (C=O) groups is 1. The van der Waals surface area contributed by atoms with Crippen molar-refractivity contribution in [1.29, 1.82) is 0 Å². The fourth-order valence-corrected chi connectivity index (χ4v) is 4.71. The van der Waals surface area contributed by atoms with Gasteiger partial charge in [0.25, 0.3) is 0 Å². The topological polar surface area (TPSA) is 68.0 Å². The molecule has 6 heteroatoms. The molecule has 0 aliphatic carbocycles. The Balaban J connectivity index is 1.51. The molecule has 2 aliphatic rings. The van der Waals surface area contributed by atoms with Crippen LogP contribution in [0.1, 0.15) is 52.0 Å². The van der Waals surface area contributed by atoms with Crippen LogP contribution in [0.3, 0.4) is 0 Å². The lowest BCUT2D eigenvalue weighted by atomic mass is 9.78. The number of amides is 1. The van der Waals surface area contributed by atoms with Crippen molar-refractivity contribution in [1.82, 2.24) is 4.90 Å². The summed E-state index contributed by atoms with van der Waals surface area (Å²) in [5.74, 6) is 2.20. The molecular weight excluding hydrogens is 366 g/mol. The predicted octanol–water partition coefficient (Wildman–Crippen LogP) is 4.45. The summed E-state index contributed by atoms with van der Waals surface area (Å²) in [5, 5.41) is 0. The zero-order chi connectivity index (χ0) is 21.2. The first-order valence-corrected chi connectivity index (χ1v) is 10.8. The minimum atomic E-state index is -0.427. The van der Waals surface area contributed by atoms with E-state index in [2.05, 4.69) is 17.9 Å². The molecule has 0 saturated carbocycles. The summed E-state index contributed by atoms with van der Waals surface area (Å²) in [7, 11) is 1.67. The second kappa shape index (κ2) is 8.72. The number of hydrogen-bond acceptors (Lipinski definition) is 5. The van der Waals surface area contributed by atoms with Gasteiger partial charge in [0.15, 0.2) is 0 Å². The van der Waals surface area contributed by atoms with Crippen LogP contribution in [0.15, 0.2) is 12.1 Å². The van der Waals surface area contributed by atoms with Gasteiger partial charge in [-0.05, 0) is 76.8 Å². The number of aryl methyl sites for hydroxylation is 1. The number of ether oxygens (including phenoxy) is 2. The van der Waals surface area contributed by atoms with E-state index in [9.17, 15) is 4.79 Å². The van der Waals surface area contributed by atoms with Crippen molar-refractivity contribution in [3.8, 4) is 5.75 Å². The van der Waals surface area contributed by atoms with Crippen LogP contribution in [0.25, 0.3) is 0 Å². The minimum absolute atomic E-state index is 0.168. The number of nitrogens with zero attached hydrogens (tertiary/aromatic N) is 2. The molecule has 0 aromatic heterocycles. The summed E-state index contributed by atoms with van der Waals surface area (Å²) in [5.41, 5.74) is 8.74. The minimum Gasteiger partial charge on any atom is -0.495 e. The molecule has 0 radical (unpaired) electrons. The van der Waals surface area contributed by atoms with E-state index < -0.39 is 5.60 Å². The molecule has 2 saturated heterocycles. The molecule has 1 aromatic carbocycles. The van der Waals surface area contributed by atoms with Crippen LogP contribution in [0.4, 0.5) is 16.2 Å². The second-order valence-electron chi connectivity index (χ2n) is 9.51. The van der Waals surface area contributed by atoms with Gasteiger partial charge in [-0.25, -0.2) is 4.79 Å². The van der Waals surface area contributed by atoms with Gasteiger partial charge in [0.1, 0.15) is 11.4 Å². The van der Waals surface area contributed by atoms with Crippen LogP contribution in [0.5, 0.6) is 5.75 Å². The number of benzene rings is 1. The smallest absolute Gasteiger partial charge is 0.410 e. The molecule has 0 atom stereocenters. The fraction of sp³-hybridized carbons (Fsp3) is 0.696. The molecule has 6 nitrogen and oxygen atoms in total. The molecule has 0 spiro atoms. The van der Waals surface area contributed by atoms with Gasteiger partial charge in [0.2, 0.25) is 0 Å². The maximum Gasteiger partial charge on any atom is 0.410 e. The standard InChI is InChI=1S/C23H37N3O3/c1-16-14-19(24)21(28-5)15-20(16)25-10-6-17(7-11-25)18-8-12-26(13-9-18)22(27)29-23(2,3)4/h14-15,17-18H,6-13,24H2,1-5H3. The predicted molar refractivity (Wildman–Crippen MR) is 118 cm³/mol. The van der Waals surface area contributed by atoms with Gasteiger partial charge < -0.3 is 25.0 Å². The van der Waals surface area contributed by atoms with E-state index >= 15 is 0 Å². The highest BCUT2D eigenvalue weighted by Gasteiger charge is 2.32. The number of anilines is 2. The molecule has 1 amide bonds. The van der Waals surface area contributed by atoms with E-state index in [4.69, 9.17) is 15.2 Å². The quantitative estimate of drug-likeness (QED) is 0.755. The van der Waals surface area contributed by atoms with E-state index in [1.807, 2.05) is 31.7 Å². The van der Waals surface area contributed by atoms with E-state index in [0.717, 1.165) is 50.7 Å². The molecule has 29 heavy (non-hydrogen) atoms. The molecular formula is C23H37N3O3. The fourth-order valence-electron chi connectivity index (χ4n) is 4.71. The molecule has 162 valence electrons. The third-order valence-corrected chi connectivity index (χ3v) is 6.29. The van der Waals surface area contributed by atoms with Crippen molar-refractivity contribution >= 4 is 17.5 Å². The van der Waals surface area contributed by atoms with Gasteiger partial charge in [-0.1, -0.05) is 0 Å². The van der Waals surface area contributed by atoms with Gasteiger partial charge in [-0.15, -0.1) is 0 Å². The molecule has 0 bridgehead atoms. The van der Waals surface area contributed by atoms with E-state index in [0.29, 0.717) is 11.6 Å². The summed E-state index contributed by atoms with van der Waals surface area (Å²) >= 11 is 0. The monoisotopic (exact) mass is 403 g/mol. The summed E-state index contributed by atoms with van der Waals surface area (Å²) < 4.78 is 10.9. The van der Waals surface area contributed by atoms with Gasteiger partial charge in [0, 0.05) is 37.9 Å². The van der Waals surface area contributed by atoms with Crippen LogP contribution >= 0.6 is 0 Å². The Morgan fingerprint density at radius 3 is 2.10 bits per heavy atom. The van der Waals surface area contributed by atoms with Crippen LogP contribution in [-0.4, -0.2) is 49.9 Å². The van der Waals surface area contributed by atoms with Crippen molar-refractivity contribution in [2.75, 3.05) is 43.9 Å². The number of hydrogen-bond donors (Lipinski definition) is 1. The highest BCUT2D eigenvalue weighted by atomic mass is 16.6. The maximum absolute atomic E-state index is 12.3. The van der Waals surface area contributed by atoms with E-state index in [1.165, 1.54) is 24.1 Å². The Bertz CT molecular complexity index is 713. The third-order valence-electron chi connectivity index (χ3n) is 6.29. The lowest BCUT2D eigenvalue weighted by Gasteiger charge is -2.41. The van der Waals surface area contributed by atoms with Gasteiger partial charge >= 0.3 is 6.09 Å². The summed E-state index contributed by atoms with van der Waals surface area (Å²) in [6, 6.07) is 4.08. The maximum atomic E-state index is 12.3. The molecule has 2 N–H and O–H groups in total. The highest BCUT2D eigenvalue weighted by Crippen LogP contribution is 2.37. The Labute approximate surface area is 175 Å². The number of nitrogens with two attached hydrogens (primary N) is 1. The summed E-state index contributed by atoms with van der Waals surface area (Å²) in [4.78, 5) is 16.6. The Kier molecular flexibility index (Phi) is 6.49. The molecule has 2 heterocycles. The normalized spacial score (nSPS) is 19.3. The zero-order valence-electron chi connectivity index (χ0n) is 18.7. The highest BCUT2D eigenvalue weighted by molar-refractivity contribution is 5.68. The first-order chi connectivity index (χ1) is 13.7. The van der Waals surface area contributed by atoms with Crippen molar-refractivity contribution < 1.29 is 14.3 Å². The number of carbonyl (C=O) groups excluding carboxylic acids is 1. The first-order valence-electron chi connectivity index (χ1n) is 10.8. The first kappa shape index (κ1) is 21.6. The zero-order valence-corrected chi connectivity index (χ0v) is 18.7. The van der Waals surface area contributed by atoms with Crippen LogP contribution < -0.4 is 15.4 Å². The summed E-state index contributed by atoms with van der Waals surface area (Å²) in [6.45, 7) is 11.6. The van der Waals surface area contributed by atoms with E-state index in [-0.39, 0.29) is 6.09 Å². The Hall–Kier alpha value is -2.11. The second-order valence-corrected chi connectivity index (χ2v) is 9.51. The lowest BCUT2D eigenvalue weighted by molar-refractivity contribution is 0.0152. The average Bonchev–Trinajstić information content (AvgIpc) is 2.67. The average molecular weight is 404 g/mol. The number of methoxy groups -OCH3 is 1. The third kappa shape index (κ3) is 5.28. The molecule has 2 fully saturated rings. The van der Waals surface area contributed by atoms with Crippen molar-refractivity contribution in [2.24, 2.45) is 11.8 Å². The van der Waals surface area contributed by atoms with E-state index in [1.54, 1.807) is 7.11 Å². The van der Waals surface area contributed by atoms with Gasteiger partial charge in [-0.3, -0.25) is 0 Å². The number of rotatable bonds is 3. The van der Waals surface area contributed by atoms with Crippen LogP contribution in [0.2, 0.25) is 0 Å². The number of nitrogen functional groups attached to an aromatic ring is 1. The van der Waals surface area contributed by atoms with Crippen LogP contribution in [-0.2, 0) is 4.74 Å². The summed E-state index contributed by atoms with van der Waals surface area (Å²) in [6.07, 6.45) is 4.39. The van der Waals surface area contributed by atoms with Crippen LogP contribution in [0, 0.1) is 18.8 Å². The largest absolute Gasteiger partial charge is 0.495 e. The Morgan fingerprint density at radius 2 is 1.59 bits per heavy atom. The van der Waals surface area contributed by atoms with Crippen molar-refractivity contribution in [3.63, 3.8) is 0 Å². The molecule has 3 rings (SSSR count). The molecule has 2 aliphatic heterocycles. The Morgan fingerprint density at radius 1 is 1.03 bits per heavy atom. The number of piperidine rings is 2. The SMILES string of the molecule is COc1cc(N2CCC(C3CCN(C(=O)OC(C)(C)C)CC3)CC2)c(C)cc1N. The van der Waals surface area contributed by atoms with Gasteiger partial charge in [-0.2, -0.15) is 0 Å². The van der Waals surface area contributed by atoms with Crippen molar-refractivity contribution in [2.45, 2.75) is 59.0 Å². The van der Waals surface area contributed by atoms with Gasteiger partial charge in [0.05, 0.1) is 12.8 Å². The lowest BCUT2D eigenvalue weighted by Crippen LogP contribution is -2.44. The van der Waals surface area contributed by atoms with Crippen molar-refractivity contribution in [3.05, 3.63) is 17.7 Å². The molecule has 0 unspecified atom stereocenters. The molecule has 1 aromatic rings.